The monoisotopic (exact) mass is 383 g/mol. The smallest absolute Gasteiger partial charge is 0.199 e. The molecule has 0 spiro atoms. The molecule has 5 aromatic rings. The molecule has 0 aliphatic heterocycles. The summed E-state index contributed by atoms with van der Waals surface area (Å²) in [7, 11) is 3.89. The van der Waals surface area contributed by atoms with Gasteiger partial charge in [-0.1, -0.05) is 19.1 Å². The summed E-state index contributed by atoms with van der Waals surface area (Å²) >= 11 is 0. The Hall–Kier alpha value is -3.60. The number of hydrogen-bond donors (Lipinski definition) is 2. The van der Waals surface area contributed by atoms with Crippen molar-refractivity contribution >= 4 is 49.3 Å². The lowest BCUT2D eigenvalue weighted by Gasteiger charge is -2.17. The van der Waals surface area contributed by atoms with Gasteiger partial charge in [0, 0.05) is 41.5 Å². The molecule has 0 bridgehead atoms. The van der Waals surface area contributed by atoms with E-state index in [0.717, 1.165) is 28.7 Å². The van der Waals surface area contributed by atoms with Crippen molar-refractivity contribution in [3.05, 3.63) is 74.5 Å². The second-order valence-electron chi connectivity index (χ2n) is 7.68. The fraction of sp³-hybridized carbons (Fsp3) is 0.167. The molecule has 5 nitrogen and oxygen atoms in total. The summed E-state index contributed by atoms with van der Waals surface area (Å²) in [6, 6.07) is 15.1. The molecule has 3 aromatic carbocycles. The van der Waals surface area contributed by atoms with Gasteiger partial charge < -0.3 is 14.9 Å². The molecular formula is C24H21N3O2. The van der Waals surface area contributed by atoms with Crippen LogP contribution in [0.3, 0.4) is 0 Å². The highest BCUT2D eigenvalue weighted by Crippen LogP contribution is 2.28. The number of nitrogens with one attached hydrogen (secondary N) is 2. The summed E-state index contributed by atoms with van der Waals surface area (Å²) in [4.78, 5) is 35.2. The zero-order chi connectivity index (χ0) is 20.3. The molecule has 2 aromatic heterocycles. The van der Waals surface area contributed by atoms with Crippen LogP contribution in [0.2, 0.25) is 0 Å². The first-order valence-corrected chi connectivity index (χ1v) is 9.72. The predicted molar refractivity (Wildman–Crippen MR) is 121 cm³/mol. The molecule has 0 radical (unpaired) electrons. The molecule has 0 unspecified atom stereocenters. The number of H-pyrrole nitrogens is 2. The number of aromatic amines is 2. The average Bonchev–Trinajstić information content (AvgIpc) is 2.72. The number of aryl methyl sites for hydroxylation is 1. The van der Waals surface area contributed by atoms with Crippen molar-refractivity contribution < 1.29 is 0 Å². The molecular weight excluding hydrogens is 362 g/mol. The molecule has 2 heterocycles. The van der Waals surface area contributed by atoms with Gasteiger partial charge in [-0.15, -0.1) is 0 Å². The van der Waals surface area contributed by atoms with Crippen LogP contribution in [-0.2, 0) is 6.42 Å². The first-order valence-electron chi connectivity index (χ1n) is 9.72. The molecule has 0 saturated heterocycles. The van der Waals surface area contributed by atoms with Crippen LogP contribution < -0.4 is 15.8 Å². The number of para-hydroxylation sites is 1. The van der Waals surface area contributed by atoms with Gasteiger partial charge in [-0.2, -0.15) is 0 Å². The molecule has 5 heteroatoms. The minimum atomic E-state index is -0.0338. The van der Waals surface area contributed by atoms with Crippen molar-refractivity contribution in [1.82, 2.24) is 9.97 Å². The number of hydrogen-bond acceptors (Lipinski definition) is 3. The molecule has 0 atom stereocenters. The highest BCUT2D eigenvalue weighted by molar-refractivity contribution is 6.05. The van der Waals surface area contributed by atoms with Gasteiger partial charge in [-0.3, -0.25) is 9.59 Å². The SMILES string of the molecule is CCc1cc(N(C)C)c2c(=O)c3cc4[nH]c5ccccc5c(=O)c4cc3[nH]c2c1. The summed E-state index contributed by atoms with van der Waals surface area (Å²) in [6.45, 7) is 2.10. The van der Waals surface area contributed by atoms with Crippen LogP contribution in [0.4, 0.5) is 5.69 Å². The van der Waals surface area contributed by atoms with Crippen LogP contribution in [0.15, 0.2) is 58.1 Å². The number of benzene rings is 3. The van der Waals surface area contributed by atoms with Crippen LogP contribution in [0, 0.1) is 0 Å². The van der Waals surface area contributed by atoms with E-state index in [-0.39, 0.29) is 10.9 Å². The largest absolute Gasteiger partial charge is 0.377 e. The second-order valence-corrected chi connectivity index (χ2v) is 7.68. The number of nitrogens with zero attached hydrogens (tertiary/aromatic N) is 1. The maximum absolute atomic E-state index is 13.5. The fourth-order valence-electron chi connectivity index (χ4n) is 4.12. The molecule has 0 amide bonds. The number of pyridine rings is 2. The molecule has 0 saturated carbocycles. The average molecular weight is 383 g/mol. The zero-order valence-electron chi connectivity index (χ0n) is 16.6. The van der Waals surface area contributed by atoms with Crippen molar-refractivity contribution in [2.45, 2.75) is 13.3 Å². The lowest BCUT2D eigenvalue weighted by Crippen LogP contribution is -2.15. The summed E-state index contributed by atoms with van der Waals surface area (Å²) in [6.07, 6.45) is 0.875. The van der Waals surface area contributed by atoms with E-state index in [1.54, 1.807) is 12.1 Å². The van der Waals surface area contributed by atoms with Crippen molar-refractivity contribution in [3.8, 4) is 0 Å². The molecule has 5 rings (SSSR count). The normalized spacial score (nSPS) is 11.7. The Balaban J connectivity index is 1.98. The Morgan fingerprint density at radius 1 is 0.759 bits per heavy atom. The molecule has 29 heavy (non-hydrogen) atoms. The molecule has 0 fully saturated rings. The fourth-order valence-corrected chi connectivity index (χ4v) is 4.12. The van der Waals surface area contributed by atoms with E-state index in [9.17, 15) is 9.59 Å². The lowest BCUT2D eigenvalue weighted by molar-refractivity contribution is 1.10. The number of rotatable bonds is 2. The Kier molecular flexibility index (Phi) is 3.74. The minimum absolute atomic E-state index is 0.0315. The predicted octanol–water partition coefficient (Wildman–Crippen LogP) is 4.30. The van der Waals surface area contributed by atoms with E-state index < -0.39 is 0 Å². The molecule has 0 aliphatic carbocycles. The lowest BCUT2D eigenvalue weighted by atomic mass is 10.0. The van der Waals surface area contributed by atoms with Crippen LogP contribution in [0.25, 0.3) is 43.6 Å². The number of fused-ring (bicyclic) bond motifs is 4. The van der Waals surface area contributed by atoms with Crippen molar-refractivity contribution in [1.29, 1.82) is 0 Å². The Morgan fingerprint density at radius 3 is 2.10 bits per heavy atom. The highest BCUT2D eigenvalue weighted by Gasteiger charge is 2.15. The molecule has 0 aliphatic rings. The maximum atomic E-state index is 13.5. The summed E-state index contributed by atoms with van der Waals surface area (Å²) < 4.78 is 0. The first-order chi connectivity index (χ1) is 14.0. The number of aromatic nitrogens is 2. The van der Waals surface area contributed by atoms with Gasteiger partial charge in [-0.25, -0.2) is 0 Å². The summed E-state index contributed by atoms with van der Waals surface area (Å²) in [5.74, 6) is 0. The van der Waals surface area contributed by atoms with E-state index in [0.29, 0.717) is 32.6 Å². The van der Waals surface area contributed by atoms with Gasteiger partial charge in [0.2, 0.25) is 0 Å². The second kappa shape index (κ2) is 6.21. The Morgan fingerprint density at radius 2 is 1.41 bits per heavy atom. The minimum Gasteiger partial charge on any atom is -0.377 e. The zero-order valence-corrected chi connectivity index (χ0v) is 16.6. The van der Waals surface area contributed by atoms with Gasteiger partial charge in [0.05, 0.1) is 21.9 Å². The standard InChI is InChI=1S/C24H21N3O2/c1-4-13-9-20-22(21(10-13)27(2)3)24(29)16-12-18-15(11-19(16)26-20)23(28)14-7-5-6-8-17(14)25-18/h5-12H,4H2,1-3H3,(H,25,28)(H,26,29). The van der Waals surface area contributed by atoms with Gasteiger partial charge in [0.1, 0.15) is 0 Å². The highest BCUT2D eigenvalue weighted by atomic mass is 16.1. The Bertz CT molecular complexity index is 1560. The quantitative estimate of drug-likeness (QED) is 0.447. The first kappa shape index (κ1) is 17.5. The van der Waals surface area contributed by atoms with E-state index in [1.165, 1.54) is 0 Å². The summed E-state index contributed by atoms with van der Waals surface area (Å²) in [5, 5.41) is 2.46. The van der Waals surface area contributed by atoms with Crippen molar-refractivity contribution in [2.75, 3.05) is 19.0 Å². The molecule has 144 valence electrons. The molecule has 2 N–H and O–H groups in total. The Labute approximate surface area is 166 Å². The van der Waals surface area contributed by atoms with E-state index >= 15 is 0 Å². The van der Waals surface area contributed by atoms with E-state index in [2.05, 4.69) is 23.0 Å². The van der Waals surface area contributed by atoms with Crippen molar-refractivity contribution in [3.63, 3.8) is 0 Å². The van der Waals surface area contributed by atoms with Crippen molar-refractivity contribution in [2.24, 2.45) is 0 Å². The van der Waals surface area contributed by atoms with Crippen LogP contribution in [-0.4, -0.2) is 24.1 Å². The van der Waals surface area contributed by atoms with Crippen LogP contribution >= 0.6 is 0 Å². The third kappa shape index (κ3) is 2.54. The van der Waals surface area contributed by atoms with Gasteiger partial charge in [0.25, 0.3) is 0 Å². The summed E-state index contributed by atoms with van der Waals surface area (Å²) in [5.41, 5.74) is 4.89. The van der Waals surface area contributed by atoms with Gasteiger partial charge >= 0.3 is 0 Å². The third-order valence-electron chi connectivity index (χ3n) is 5.65. The van der Waals surface area contributed by atoms with E-state index in [1.807, 2.05) is 49.3 Å². The maximum Gasteiger partial charge on any atom is 0.199 e. The van der Waals surface area contributed by atoms with Gasteiger partial charge in [-0.05, 0) is 48.4 Å². The number of anilines is 1. The van der Waals surface area contributed by atoms with E-state index in [4.69, 9.17) is 0 Å². The van der Waals surface area contributed by atoms with Gasteiger partial charge in [0.15, 0.2) is 10.9 Å². The van der Waals surface area contributed by atoms with Crippen LogP contribution in [0.1, 0.15) is 12.5 Å². The van der Waals surface area contributed by atoms with Crippen LogP contribution in [0.5, 0.6) is 0 Å². The topological polar surface area (TPSA) is 69.0 Å². The third-order valence-corrected chi connectivity index (χ3v) is 5.65.